The molecule has 3 atom stereocenters. The van der Waals surface area contributed by atoms with Crippen LogP contribution < -0.4 is 10.6 Å². The molecule has 6 rings (SSSR count). The number of carbonyl (C=O) groups is 1. The van der Waals surface area contributed by atoms with Gasteiger partial charge in [-0.3, -0.25) is 14.7 Å². The van der Waals surface area contributed by atoms with Crippen LogP contribution in [0, 0.1) is 0 Å². The molecule has 10 heteroatoms. The van der Waals surface area contributed by atoms with Gasteiger partial charge >= 0.3 is 0 Å². The summed E-state index contributed by atoms with van der Waals surface area (Å²) in [6.07, 6.45) is 11.1. The number of fused-ring (bicyclic) bond motifs is 3. The van der Waals surface area contributed by atoms with Crippen LogP contribution in [-0.4, -0.2) is 73.5 Å². The lowest BCUT2D eigenvalue weighted by Gasteiger charge is -2.49. The SMILES string of the molecule is O=C(CN1CCCC1)N1[C@@H]2CCC[C@H]1C[C@H](Nc1nc(Nc3ncc(CO)s3)cc3ncccc13)C2. The minimum absolute atomic E-state index is 0.0274. The average molecular weight is 508 g/mol. The maximum absolute atomic E-state index is 13.3. The molecule has 0 aliphatic carbocycles. The first kappa shape index (κ1) is 23.6. The normalized spacial score (nSPS) is 24.2. The van der Waals surface area contributed by atoms with Crippen LogP contribution >= 0.6 is 11.3 Å². The van der Waals surface area contributed by atoms with Crippen molar-refractivity contribution < 1.29 is 9.90 Å². The van der Waals surface area contributed by atoms with Crippen LogP contribution in [0.5, 0.6) is 0 Å². The molecule has 9 nitrogen and oxygen atoms in total. The molecular formula is C26H33N7O2S. The van der Waals surface area contributed by atoms with E-state index in [0.29, 0.717) is 35.5 Å². The number of hydrogen-bond acceptors (Lipinski definition) is 9. The molecule has 3 aliphatic rings. The minimum Gasteiger partial charge on any atom is -0.391 e. The van der Waals surface area contributed by atoms with Crippen LogP contribution in [-0.2, 0) is 11.4 Å². The number of pyridine rings is 2. The highest BCUT2D eigenvalue weighted by molar-refractivity contribution is 7.15. The summed E-state index contributed by atoms with van der Waals surface area (Å²) in [6, 6.07) is 6.75. The van der Waals surface area contributed by atoms with Crippen molar-refractivity contribution in [2.45, 2.75) is 69.7 Å². The van der Waals surface area contributed by atoms with E-state index < -0.39 is 0 Å². The molecule has 0 aromatic carbocycles. The van der Waals surface area contributed by atoms with Gasteiger partial charge in [-0.1, -0.05) is 11.3 Å². The van der Waals surface area contributed by atoms with Gasteiger partial charge in [0.05, 0.1) is 23.5 Å². The molecule has 36 heavy (non-hydrogen) atoms. The highest BCUT2D eigenvalue weighted by Gasteiger charge is 2.41. The quantitative estimate of drug-likeness (QED) is 0.444. The van der Waals surface area contributed by atoms with Crippen LogP contribution in [0.25, 0.3) is 10.9 Å². The molecule has 3 saturated heterocycles. The second-order valence-corrected chi connectivity index (χ2v) is 11.3. The largest absolute Gasteiger partial charge is 0.391 e. The maximum atomic E-state index is 13.3. The topological polar surface area (TPSA) is 107 Å². The number of aliphatic hydroxyl groups is 1. The molecule has 3 aromatic rings. The van der Waals surface area contributed by atoms with Gasteiger partial charge in [-0.15, -0.1) is 0 Å². The van der Waals surface area contributed by atoms with E-state index in [-0.39, 0.29) is 12.6 Å². The average Bonchev–Trinajstić information content (AvgIpc) is 3.55. The van der Waals surface area contributed by atoms with Crippen molar-refractivity contribution in [3.63, 3.8) is 0 Å². The van der Waals surface area contributed by atoms with Gasteiger partial charge in [0, 0.05) is 42.0 Å². The number of likely N-dealkylation sites (tertiary alicyclic amines) is 1. The predicted molar refractivity (Wildman–Crippen MR) is 141 cm³/mol. The van der Waals surface area contributed by atoms with E-state index >= 15 is 0 Å². The highest BCUT2D eigenvalue weighted by Crippen LogP contribution is 2.36. The smallest absolute Gasteiger partial charge is 0.237 e. The first-order valence-electron chi connectivity index (χ1n) is 13.0. The zero-order valence-corrected chi connectivity index (χ0v) is 21.2. The Hall–Kier alpha value is -2.82. The Labute approximate surface area is 215 Å². The summed E-state index contributed by atoms with van der Waals surface area (Å²) in [5.41, 5.74) is 0.856. The number of nitrogens with one attached hydrogen (secondary N) is 2. The first-order chi connectivity index (χ1) is 17.7. The minimum atomic E-state index is -0.0274. The van der Waals surface area contributed by atoms with E-state index in [9.17, 15) is 9.90 Å². The zero-order valence-electron chi connectivity index (χ0n) is 20.4. The number of thiazole rings is 1. The van der Waals surface area contributed by atoms with Crippen LogP contribution in [0.2, 0.25) is 0 Å². The van der Waals surface area contributed by atoms with E-state index in [2.05, 4.69) is 30.4 Å². The fourth-order valence-electron chi connectivity index (χ4n) is 6.11. The Balaban J connectivity index is 1.20. The fourth-order valence-corrected chi connectivity index (χ4v) is 6.79. The van der Waals surface area contributed by atoms with E-state index in [0.717, 1.165) is 60.4 Å². The number of anilines is 3. The number of piperidine rings is 2. The van der Waals surface area contributed by atoms with Gasteiger partial charge in [0.25, 0.3) is 0 Å². The van der Waals surface area contributed by atoms with E-state index in [1.165, 1.54) is 30.6 Å². The van der Waals surface area contributed by atoms with Crippen LogP contribution in [0.15, 0.2) is 30.6 Å². The number of hydrogen-bond donors (Lipinski definition) is 3. The maximum Gasteiger partial charge on any atom is 0.237 e. The number of rotatable bonds is 7. The van der Waals surface area contributed by atoms with Gasteiger partial charge in [-0.25, -0.2) is 9.97 Å². The fraction of sp³-hybridized carbons (Fsp3) is 0.538. The first-order valence-corrected chi connectivity index (χ1v) is 13.9. The summed E-state index contributed by atoms with van der Waals surface area (Å²) in [6.45, 7) is 2.66. The van der Waals surface area contributed by atoms with Gasteiger partial charge in [-0.2, -0.15) is 0 Å². The molecule has 3 aliphatic heterocycles. The third-order valence-corrected chi connectivity index (χ3v) is 8.60. The number of nitrogens with zero attached hydrogens (tertiary/aromatic N) is 5. The van der Waals surface area contributed by atoms with Crippen molar-refractivity contribution in [2.75, 3.05) is 30.3 Å². The van der Waals surface area contributed by atoms with E-state index in [1.807, 2.05) is 18.2 Å². The molecule has 2 bridgehead atoms. The predicted octanol–water partition coefficient (Wildman–Crippen LogP) is 3.74. The lowest BCUT2D eigenvalue weighted by atomic mass is 9.81. The third-order valence-electron chi connectivity index (χ3n) is 7.70. The molecule has 1 amide bonds. The van der Waals surface area contributed by atoms with Crippen molar-refractivity contribution in [1.29, 1.82) is 0 Å². The van der Waals surface area contributed by atoms with Crippen molar-refractivity contribution >= 4 is 44.9 Å². The molecule has 0 saturated carbocycles. The Bertz CT molecular complexity index is 1210. The number of amides is 1. The third kappa shape index (κ3) is 4.89. The van der Waals surface area contributed by atoms with Crippen molar-refractivity contribution in [3.8, 4) is 0 Å². The Morgan fingerprint density at radius 2 is 1.94 bits per heavy atom. The van der Waals surface area contributed by atoms with E-state index in [1.54, 1.807) is 12.4 Å². The summed E-state index contributed by atoms with van der Waals surface area (Å²) in [4.78, 5) is 32.4. The molecular weight excluding hydrogens is 474 g/mol. The Kier molecular flexibility index (Phi) is 6.73. The number of aromatic nitrogens is 3. The number of carbonyl (C=O) groups excluding carboxylic acids is 1. The molecule has 3 fully saturated rings. The second kappa shape index (κ2) is 10.3. The molecule has 190 valence electrons. The summed E-state index contributed by atoms with van der Waals surface area (Å²) < 4.78 is 0. The van der Waals surface area contributed by atoms with Crippen molar-refractivity contribution in [3.05, 3.63) is 35.5 Å². The van der Waals surface area contributed by atoms with Gasteiger partial charge in [0.15, 0.2) is 5.13 Å². The van der Waals surface area contributed by atoms with Crippen LogP contribution in [0.4, 0.5) is 16.8 Å². The number of aliphatic hydroxyl groups excluding tert-OH is 1. The van der Waals surface area contributed by atoms with Crippen LogP contribution in [0.1, 0.15) is 49.8 Å². The van der Waals surface area contributed by atoms with Crippen molar-refractivity contribution in [2.24, 2.45) is 0 Å². The zero-order chi connectivity index (χ0) is 24.5. The standard InChI is InChI=1S/C26H33N7O2S/c34-16-20-14-28-26(36-20)31-23-13-22-21(7-4-8-27-22)25(30-23)29-17-11-18-5-3-6-19(12-17)33(18)24(35)15-32-9-1-2-10-32/h4,7-8,13-14,17-19,34H,1-3,5-6,9-12,15-16H2,(H2,28,29,30,31)/t17-,18-,19+. The molecule has 0 spiro atoms. The van der Waals surface area contributed by atoms with Crippen LogP contribution in [0.3, 0.4) is 0 Å². The highest BCUT2D eigenvalue weighted by atomic mass is 32.1. The van der Waals surface area contributed by atoms with E-state index in [4.69, 9.17) is 4.98 Å². The van der Waals surface area contributed by atoms with Crippen molar-refractivity contribution in [1.82, 2.24) is 24.8 Å². The summed E-state index contributed by atoms with van der Waals surface area (Å²) in [5.74, 6) is 1.79. The Morgan fingerprint density at radius 1 is 1.14 bits per heavy atom. The summed E-state index contributed by atoms with van der Waals surface area (Å²) >= 11 is 1.41. The lowest BCUT2D eigenvalue weighted by molar-refractivity contribution is -0.141. The van der Waals surface area contributed by atoms with Gasteiger partial charge in [-0.05, 0) is 70.2 Å². The molecule has 0 unspecified atom stereocenters. The second-order valence-electron chi connectivity index (χ2n) is 10.2. The van der Waals surface area contributed by atoms with Gasteiger partial charge in [0.1, 0.15) is 11.6 Å². The van der Waals surface area contributed by atoms with Gasteiger partial charge in [0.2, 0.25) is 5.91 Å². The monoisotopic (exact) mass is 507 g/mol. The summed E-state index contributed by atoms with van der Waals surface area (Å²) in [7, 11) is 0. The molecule has 3 aromatic heterocycles. The molecule has 3 N–H and O–H groups in total. The molecule has 0 radical (unpaired) electrons. The molecule has 6 heterocycles. The lowest BCUT2D eigenvalue weighted by Crippen LogP contribution is -2.58. The summed E-state index contributed by atoms with van der Waals surface area (Å²) in [5, 5.41) is 18.0. The Morgan fingerprint density at radius 3 is 2.69 bits per heavy atom. The van der Waals surface area contributed by atoms with Gasteiger partial charge < -0.3 is 20.6 Å².